The van der Waals surface area contributed by atoms with Crippen LogP contribution in [0.25, 0.3) is 5.69 Å². The molecule has 0 saturated carbocycles. The number of amides is 1. The third kappa shape index (κ3) is 4.63. The number of nitrogens with zero attached hydrogens (tertiary/aromatic N) is 6. The smallest absolute Gasteiger partial charge is 0.234 e. The number of aryl methyl sites for hydroxylation is 1. The molecule has 0 spiro atoms. The van der Waals surface area contributed by atoms with E-state index in [0.717, 1.165) is 48.8 Å². The quantitative estimate of drug-likeness (QED) is 0.610. The second-order valence-corrected chi connectivity index (χ2v) is 8.25. The second kappa shape index (κ2) is 9.27. The standard InChI is InChI=1S/C21H25N7OS/c1-16-7-3-5-9-18(16)28-21(23-24-25-28)30-15-20(29)22-17-8-4-6-10-19(17)27-13-11-26(2)12-14-27/h3-10H,11-15H2,1-2H3,(H,22,29). The maximum absolute atomic E-state index is 12.7. The minimum absolute atomic E-state index is 0.0825. The molecule has 4 rings (SSSR count). The number of benzene rings is 2. The van der Waals surface area contributed by atoms with E-state index in [1.807, 2.05) is 49.4 Å². The molecule has 2 aromatic carbocycles. The summed E-state index contributed by atoms with van der Waals surface area (Å²) in [4.78, 5) is 17.3. The van der Waals surface area contributed by atoms with Crippen molar-refractivity contribution in [2.75, 3.05) is 49.2 Å². The summed E-state index contributed by atoms with van der Waals surface area (Å²) in [5, 5.41) is 15.6. The van der Waals surface area contributed by atoms with E-state index in [2.05, 4.69) is 43.8 Å². The molecule has 1 aliphatic rings. The van der Waals surface area contributed by atoms with Crippen LogP contribution in [0.5, 0.6) is 0 Å². The van der Waals surface area contributed by atoms with Gasteiger partial charge in [0.05, 0.1) is 22.8 Å². The summed E-state index contributed by atoms with van der Waals surface area (Å²) in [6.45, 7) is 5.93. The molecule has 2 heterocycles. The molecule has 30 heavy (non-hydrogen) atoms. The summed E-state index contributed by atoms with van der Waals surface area (Å²) < 4.78 is 1.67. The van der Waals surface area contributed by atoms with Crippen molar-refractivity contribution in [1.82, 2.24) is 25.1 Å². The summed E-state index contributed by atoms with van der Waals surface area (Å²) >= 11 is 1.32. The number of aromatic nitrogens is 4. The molecule has 0 atom stereocenters. The van der Waals surface area contributed by atoms with Gasteiger partial charge in [0, 0.05) is 26.2 Å². The van der Waals surface area contributed by atoms with Gasteiger partial charge < -0.3 is 15.1 Å². The number of nitrogens with one attached hydrogen (secondary N) is 1. The molecule has 0 aliphatic carbocycles. The van der Waals surface area contributed by atoms with Crippen molar-refractivity contribution < 1.29 is 4.79 Å². The van der Waals surface area contributed by atoms with Crippen LogP contribution in [0.2, 0.25) is 0 Å². The van der Waals surface area contributed by atoms with Crippen molar-refractivity contribution >= 4 is 29.0 Å². The zero-order valence-corrected chi connectivity index (χ0v) is 18.0. The lowest BCUT2D eigenvalue weighted by Gasteiger charge is -2.35. The molecule has 1 aliphatic heterocycles. The van der Waals surface area contributed by atoms with Crippen LogP contribution in [-0.2, 0) is 4.79 Å². The van der Waals surface area contributed by atoms with Gasteiger partial charge >= 0.3 is 0 Å². The van der Waals surface area contributed by atoms with Crippen LogP contribution in [0.3, 0.4) is 0 Å². The first-order valence-electron chi connectivity index (χ1n) is 9.91. The van der Waals surface area contributed by atoms with Crippen LogP contribution in [0, 0.1) is 6.92 Å². The van der Waals surface area contributed by atoms with Crippen molar-refractivity contribution in [1.29, 1.82) is 0 Å². The van der Waals surface area contributed by atoms with Crippen LogP contribution in [0.15, 0.2) is 53.7 Å². The summed E-state index contributed by atoms with van der Waals surface area (Å²) in [6.07, 6.45) is 0. The van der Waals surface area contributed by atoms with Gasteiger partial charge in [-0.05, 0) is 48.2 Å². The fourth-order valence-corrected chi connectivity index (χ4v) is 4.12. The van der Waals surface area contributed by atoms with E-state index in [1.165, 1.54) is 11.8 Å². The van der Waals surface area contributed by atoms with Gasteiger partial charge in [0.1, 0.15) is 0 Å². The highest BCUT2D eigenvalue weighted by atomic mass is 32.2. The number of para-hydroxylation sites is 3. The Bertz CT molecular complexity index is 1010. The van der Waals surface area contributed by atoms with E-state index < -0.39 is 0 Å². The topological polar surface area (TPSA) is 79.2 Å². The van der Waals surface area contributed by atoms with Crippen LogP contribution in [0.1, 0.15) is 5.56 Å². The molecule has 1 fully saturated rings. The first-order chi connectivity index (χ1) is 14.6. The number of thioether (sulfide) groups is 1. The molecule has 9 heteroatoms. The minimum atomic E-state index is -0.0825. The number of anilines is 2. The third-order valence-corrected chi connectivity index (χ3v) is 6.06. The molecule has 1 saturated heterocycles. The monoisotopic (exact) mass is 423 g/mol. The number of tetrazole rings is 1. The molecule has 1 aromatic heterocycles. The van der Waals surface area contributed by atoms with E-state index in [1.54, 1.807) is 4.68 Å². The van der Waals surface area contributed by atoms with E-state index in [-0.39, 0.29) is 11.7 Å². The average molecular weight is 424 g/mol. The number of hydrogen-bond donors (Lipinski definition) is 1. The fourth-order valence-electron chi connectivity index (χ4n) is 3.44. The lowest BCUT2D eigenvalue weighted by atomic mass is 10.2. The predicted molar refractivity (Wildman–Crippen MR) is 119 cm³/mol. The Kier molecular flexibility index (Phi) is 6.29. The van der Waals surface area contributed by atoms with Crippen molar-refractivity contribution in [2.45, 2.75) is 12.1 Å². The Morgan fingerprint density at radius 1 is 1.03 bits per heavy atom. The fraction of sp³-hybridized carbons (Fsp3) is 0.333. The van der Waals surface area contributed by atoms with E-state index in [0.29, 0.717) is 5.16 Å². The average Bonchev–Trinajstić information content (AvgIpc) is 3.22. The van der Waals surface area contributed by atoms with E-state index in [4.69, 9.17) is 0 Å². The molecule has 0 radical (unpaired) electrons. The molecule has 0 bridgehead atoms. The summed E-state index contributed by atoms with van der Waals surface area (Å²) in [5.74, 6) is 0.143. The Balaban J connectivity index is 1.41. The van der Waals surface area contributed by atoms with Gasteiger partial charge in [-0.2, -0.15) is 4.68 Å². The van der Waals surface area contributed by atoms with Crippen molar-refractivity contribution in [2.24, 2.45) is 0 Å². The highest BCUT2D eigenvalue weighted by Gasteiger charge is 2.18. The Morgan fingerprint density at radius 2 is 1.73 bits per heavy atom. The number of rotatable bonds is 6. The van der Waals surface area contributed by atoms with Gasteiger partial charge in [-0.3, -0.25) is 4.79 Å². The Labute approximate surface area is 180 Å². The normalized spacial score (nSPS) is 14.7. The number of hydrogen-bond acceptors (Lipinski definition) is 7. The van der Waals surface area contributed by atoms with Gasteiger partial charge in [-0.1, -0.05) is 42.1 Å². The van der Waals surface area contributed by atoms with E-state index in [9.17, 15) is 4.79 Å². The number of carbonyl (C=O) groups is 1. The maximum atomic E-state index is 12.7. The predicted octanol–water partition coefficient (Wildman–Crippen LogP) is 2.45. The first kappa shape index (κ1) is 20.4. The van der Waals surface area contributed by atoms with Crippen LogP contribution in [-0.4, -0.2) is 70.0 Å². The molecule has 0 unspecified atom stereocenters. The zero-order valence-electron chi connectivity index (χ0n) is 17.2. The number of piperazine rings is 1. The molecule has 8 nitrogen and oxygen atoms in total. The highest BCUT2D eigenvalue weighted by Crippen LogP contribution is 2.27. The van der Waals surface area contributed by atoms with E-state index >= 15 is 0 Å². The molecule has 156 valence electrons. The molecule has 1 amide bonds. The lowest BCUT2D eigenvalue weighted by molar-refractivity contribution is -0.113. The largest absolute Gasteiger partial charge is 0.367 e. The van der Waals surface area contributed by atoms with Gasteiger partial charge in [-0.15, -0.1) is 5.10 Å². The van der Waals surface area contributed by atoms with Gasteiger partial charge in [0.2, 0.25) is 11.1 Å². The highest BCUT2D eigenvalue weighted by molar-refractivity contribution is 7.99. The van der Waals surface area contributed by atoms with Gasteiger partial charge in [0.15, 0.2) is 0 Å². The SMILES string of the molecule is Cc1ccccc1-n1nnnc1SCC(=O)Nc1ccccc1N1CCN(C)CC1. The second-order valence-electron chi connectivity index (χ2n) is 7.30. The van der Waals surface area contributed by atoms with Crippen molar-refractivity contribution in [3.05, 3.63) is 54.1 Å². The first-order valence-corrected chi connectivity index (χ1v) is 10.9. The Hall–Kier alpha value is -2.91. The molecular formula is C21H25N7OS. The number of carbonyl (C=O) groups excluding carboxylic acids is 1. The summed E-state index contributed by atoms with van der Waals surface area (Å²) in [7, 11) is 2.13. The zero-order chi connectivity index (χ0) is 20.9. The van der Waals surface area contributed by atoms with Crippen LogP contribution < -0.4 is 10.2 Å². The summed E-state index contributed by atoms with van der Waals surface area (Å²) in [6, 6.07) is 15.9. The minimum Gasteiger partial charge on any atom is -0.367 e. The van der Waals surface area contributed by atoms with Crippen LogP contribution in [0.4, 0.5) is 11.4 Å². The lowest BCUT2D eigenvalue weighted by Crippen LogP contribution is -2.44. The van der Waals surface area contributed by atoms with Crippen molar-refractivity contribution in [3.8, 4) is 5.69 Å². The third-order valence-electron chi connectivity index (χ3n) is 5.14. The molecule has 1 N–H and O–H groups in total. The summed E-state index contributed by atoms with van der Waals surface area (Å²) in [5.41, 5.74) is 3.88. The van der Waals surface area contributed by atoms with Gasteiger partial charge in [-0.25, -0.2) is 0 Å². The molecule has 3 aromatic rings. The van der Waals surface area contributed by atoms with Crippen molar-refractivity contribution in [3.63, 3.8) is 0 Å². The maximum Gasteiger partial charge on any atom is 0.234 e. The molecular weight excluding hydrogens is 398 g/mol. The Morgan fingerprint density at radius 3 is 2.50 bits per heavy atom. The van der Waals surface area contributed by atoms with Crippen LogP contribution >= 0.6 is 11.8 Å². The number of likely N-dealkylation sites (N-methyl/N-ethyl adjacent to an activating group) is 1. The van der Waals surface area contributed by atoms with Gasteiger partial charge in [0.25, 0.3) is 0 Å².